The number of ether oxygens (including phenoxy) is 4. The fourth-order valence-electron chi connectivity index (χ4n) is 4.76. The molecule has 9 nitrogen and oxygen atoms in total. The molecule has 0 radical (unpaired) electrons. The highest BCUT2D eigenvalue weighted by Crippen LogP contribution is 2.35. The van der Waals surface area contributed by atoms with Crippen molar-refractivity contribution in [3.05, 3.63) is 109 Å². The molecule has 0 spiro atoms. The summed E-state index contributed by atoms with van der Waals surface area (Å²) in [5.41, 5.74) is 2.50. The second kappa shape index (κ2) is 11.7. The smallest absolute Gasteiger partial charge is 0.271 e. The number of carbonyl (C=O) groups excluding carboxylic acids is 1. The highest BCUT2D eigenvalue weighted by molar-refractivity contribution is 7.07. The average Bonchev–Trinajstić information content (AvgIpc) is 3.30. The highest BCUT2D eigenvalue weighted by Gasteiger charge is 2.33. The maximum atomic E-state index is 14.1. The minimum atomic E-state index is -0.744. The minimum absolute atomic E-state index is 0.306. The molecule has 3 aromatic carbocycles. The molecule has 1 aliphatic heterocycles. The fourth-order valence-corrected chi connectivity index (χ4v) is 5.79. The van der Waals surface area contributed by atoms with Gasteiger partial charge in [0, 0.05) is 17.8 Å². The first-order chi connectivity index (χ1) is 19.9. The van der Waals surface area contributed by atoms with E-state index < -0.39 is 6.04 Å². The Balaban J connectivity index is 1.72. The van der Waals surface area contributed by atoms with Gasteiger partial charge in [0.15, 0.2) is 4.80 Å². The Morgan fingerprint density at radius 2 is 1.59 bits per heavy atom. The van der Waals surface area contributed by atoms with Crippen molar-refractivity contribution in [1.29, 1.82) is 0 Å². The first-order valence-electron chi connectivity index (χ1n) is 12.7. The van der Waals surface area contributed by atoms with Crippen LogP contribution in [-0.4, -0.2) is 38.9 Å². The van der Waals surface area contributed by atoms with Crippen molar-refractivity contribution in [2.75, 3.05) is 33.8 Å². The number of para-hydroxylation sites is 1. The maximum Gasteiger partial charge on any atom is 0.271 e. The molecule has 1 N–H and O–H groups in total. The SMILES string of the molecule is COc1cccc([C@H]2C(C(=O)Nc3ccccc3)=C(C)N=c3sc(=Cc4c(OC)cc(OC)cc4OC)c(=O)n32)c1. The number of benzene rings is 3. The van der Waals surface area contributed by atoms with Crippen LogP contribution in [0.3, 0.4) is 0 Å². The third kappa shape index (κ3) is 5.33. The van der Waals surface area contributed by atoms with Crippen LogP contribution in [0.1, 0.15) is 24.1 Å². The van der Waals surface area contributed by atoms with Crippen LogP contribution in [0.2, 0.25) is 0 Å². The number of methoxy groups -OCH3 is 4. The molecule has 4 aromatic rings. The molecule has 10 heteroatoms. The zero-order valence-electron chi connectivity index (χ0n) is 23.3. The maximum absolute atomic E-state index is 14.1. The molecular formula is C31H29N3O6S. The number of amides is 1. The Labute approximate surface area is 240 Å². The Morgan fingerprint density at radius 3 is 2.22 bits per heavy atom. The van der Waals surface area contributed by atoms with E-state index in [1.54, 1.807) is 56.1 Å². The Hall–Kier alpha value is -4.83. The summed E-state index contributed by atoms with van der Waals surface area (Å²) < 4.78 is 24.0. The van der Waals surface area contributed by atoms with E-state index in [1.807, 2.05) is 42.5 Å². The summed E-state index contributed by atoms with van der Waals surface area (Å²) in [4.78, 5) is 33.0. The molecule has 1 aromatic heterocycles. The molecule has 0 saturated heterocycles. The van der Waals surface area contributed by atoms with Crippen molar-refractivity contribution in [2.24, 2.45) is 4.99 Å². The van der Waals surface area contributed by atoms with Gasteiger partial charge in [0.05, 0.1) is 55.8 Å². The van der Waals surface area contributed by atoms with Crippen molar-refractivity contribution in [2.45, 2.75) is 13.0 Å². The van der Waals surface area contributed by atoms with Crippen molar-refractivity contribution < 1.29 is 23.7 Å². The molecule has 0 bridgehead atoms. The number of nitrogens with one attached hydrogen (secondary N) is 1. The quantitative estimate of drug-likeness (QED) is 0.344. The lowest BCUT2D eigenvalue weighted by molar-refractivity contribution is -0.113. The monoisotopic (exact) mass is 571 g/mol. The van der Waals surface area contributed by atoms with Crippen LogP contribution in [-0.2, 0) is 4.79 Å². The number of carbonyl (C=O) groups is 1. The van der Waals surface area contributed by atoms with E-state index in [0.717, 1.165) is 0 Å². The predicted molar refractivity (Wildman–Crippen MR) is 158 cm³/mol. The molecule has 1 atom stereocenters. The number of thiazole rings is 1. The van der Waals surface area contributed by atoms with Gasteiger partial charge in [0.1, 0.15) is 23.0 Å². The third-order valence-corrected chi connectivity index (χ3v) is 7.72. The Morgan fingerprint density at radius 1 is 0.902 bits per heavy atom. The summed E-state index contributed by atoms with van der Waals surface area (Å²) >= 11 is 1.22. The van der Waals surface area contributed by atoms with Crippen molar-refractivity contribution >= 4 is 29.0 Å². The molecule has 0 fully saturated rings. The van der Waals surface area contributed by atoms with Crippen LogP contribution >= 0.6 is 11.3 Å². The molecule has 0 aliphatic carbocycles. The zero-order valence-corrected chi connectivity index (χ0v) is 24.1. The molecule has 0 saturated carbocycles. The molecule has 5 rings (SSSR count). The van der Waals surface area contributed by atoms with Crippen LogP contribution in [0.25, 0.3) is 6.08 Å². The summed E-state index contributed by atoms with van der Waals surface area (Å²) in [7, 11) is 6.20. The highest BCUT2D eigenvalue weighted by atomic mass is 32.1. The van der Waals surface area contributed by atoms with Gasteiger partial charge in [-0.1, -0.05) is 41.7 Å². The Bertz CT molecular complexity index is 1800. The minimum Gasteiger partial charge on any atom is -0.497 e. The summed E-state index contributed by atoms with van der Waals surface area (Å²) in [6.07, 6.45) is 1.71. The van der Waals surface area contributed by atoms with Crippen LogP contribution in [0.15, 0.2) is 87.8 Å². The van der Waals surface area contributed by atoms with Crippen molar-refractivity contribution in [3.8, 4) is 23.0 Å². The lowest BCUT2D eigenvalue weighted by atomic mass is 9.95. The van der Waals surface area contributed by atoms with E-state index in [9.17, 15) is 9.59 Å². The second-order valence-electron chi connectivity index (χ2n) is 9.12. The van der Waals surface area contributed by atoms with Crippen LogP contribution in [0.5, 0.6) is 23.0 Å². The van der Waals surface area contributed by atoms with Crippen LogP contribution in [0, 0.1) is 0 Å². The van der Waals surface area contributed by atoms with E-state index in [1.165, 1.54) is 25.6 Å². The topological polar surface area (TPSA) is 100 Å². The van der Waals surface area contributed by atoms with E-state index in [-0.39, 0.29) is 11.5 Å². The number of hydrogen-bond acceptors (Lipinski definition) is 8. The van der Waals surface area contributed by atoms with Gasteiger partial charge < -0.3 is 24.3 Å². The van der Waals surface area contributed by atoms with Gasteiger partial charge in [-0.15, -0.1) is 0 Å². The molecule has 0 unspecified atom stereocenters. The van der Waals surface area contributed by atoms with Gasteiger partial charge >= 0.3 is 0 Å². The summed E-state index contributed by atoms with van der Waals surface area (Å²) in [5.74, 6) is 1.78. The number of allylic oxidation sites excluding steroid dienone is 1. The summed E-state index contributed by atoms with van der Waals surface area (Å²) in [6, 6.07) is 19.2. The standard InChI is InChI=1S/C31H29N3O6S/c1-18-27(29(35)33-20-11-7-6-8-12-20)28(19-10-9-13-21(14-19)37-2)34-30(36)26(41-31(34)32-18)17-23-24(39-4)15-22(38-3)16-25(23)40-5/h6-17,28H,1-5H3,(H,33,35)/t28-/m0/s1. The van der Waals surface area contributed by atoms with Crippen LogP contribution < -0.4 is 39.2 Å². The van der Waals surface area contributed by atoms with E-state index in [4.69, 9.17) is 23.9 Å². The van der Waals surface area contributed by atoms with Gasteiger partial charge in [-0.25, -0.2) is 4.99 Å². The van der Waals surface area contributed by atoms with Gasteiger partial charge in [-0.05, 0) is 42.8 Å². The molecular weight excluding hydrogens is 542 g/mol. The molecule has 2 heterocycles. The number of nitrogens with zero attached hydrogens (tertiary/aromatic N) is 2. The largest absolute Gasteiger partial charge is 0.497 e. The first-order valence-corrected chi connectivity index (χ1v) is 13.5. The number of aromatic nitrogens is 1. The van der Waals surface area contributed by atoms with Crippen molar-refractivity contribution in [1.82, 2.24) is 4.57 Å². The molecule has 41 heavy (non-hydrogen) atoms. The average molecular weight is 572 g/mol. The van der Waals surface area contributed by atoms with Crippen LogP contribution in [0.4, 0.5) is 5.69 Å². The number of hydrogen-bond donors (Lipinski definition) is 1. The Kier molecular flexibility index (Phi) is 7.93. The van der Waals surface area contributed by atoms with E-state index in [0.29, 0.717) is 60.4 Å². The van der Waals surface area contributed by atoms with Gasteiger partial charge in [-0.2, -0.15) is 0 Å². The van der Waals surface area contributed by atoms with Crippen molar-refractivity contribution in [3.63, 3.8) is 0 Å². The van der Waals surface area contributed by atoms with Gasteiger partial charge in [-0.3, -0.25) is 14.2 Å². The lowest BCUT2D eigenvalue weighted by Gasteiger charge is -2.25. The normalized spacial score (nSPS) is 14.7. The zero-order chi connectivity index (χ0) is 29.1. The van der Waals surface area contributed by atoms with E-state index in [2.05, 4.69) is 5.32 Å². The fraction of sp³-hybridized carbons (Fsp3) is 0.194. The second-order valence-corrected chi connectivity index (χ2v) is 10.1. The number of fused-ring (bicyclic) bond motifs is 1. The lowest BCUT2D eigenvalue weighted by Crippen LogP contribution is -2.40. The molecule has 1 aliphatic rings. The molecule has 1 amide bonds. The summed E-state index contributed by atoms with van der Waals surface area (Å²) in [5, 5.41) is 2.96. The third-order valence-electron chi connectivity index (χ3n) is 6.74. The number of anilines is 1. The first kappa shape index (κ1) is 27.7. The van der Waals surface area contributed by atoms with Gasteiger partial charge in [0.25, 0.3) is 11.5 Å². The molecule has 210 valence electrons. The van der Waals surface area contributed by atoms with E-state index >= 15 is 0 Å². The summed E-state index contributed by atoms with van der Waals surface area (Å²) in [6.45, 7) is 1.78. The van der Waals surface area contributed by atoms with Gasteiger partial charge in [0.2, 0.25) is 0 Å². The predicted octanol–water partition coefficient (Wildman–Crippen LogP) is 3.91. The number of rotatable bonds is 8.